The maximum absolute atomic E-state index is 13.7. The number of nitrogens with zero attached hydrogens (tertiary/aromatic N) is 1. The van der Waals surface area contributed by atoms with E-state index < -0.39 is 0 Å². The van der Waals surface area contributed by atoms with E-state index in [0.717, 1.165) is 10.9 Å². The summed E-state index contributed by atoms with van der Waals surface area (Å²) in [5.74, 6) is -0.658. The fourth-order valence-corrected chi connectivity index (χ4v) is 2.29. The van der Waals surface area contributed by atoms with E-state index in [1.807, 2.05) is 16.8 Å². The molecule has 0 aliphatic carbocycles. The molecule has 96 valence electrons. The second-order valence-electron chi connectivity index (χ2n) is 4.38. The van der Waals surface area contributed by atoms with Gasteiger partial charge in [0.2, 0.25) is 0 Å². The molecule has 3 aromatic rings. The summed E-state index contributed by atoms with van der Waals surface area (Å²) in [5, 5.41) is 1.29. The Balaban J connectivity index is 2.03. The third kappa shape index (κ3) is 2.34. The Morgan fingerprint density at radius 2 is 1.84 bits per heavy atom. The van der Waals surface area contributed by atoms with Gasteiger partial charge in [-0.25, -0.2) is 8.78 Å². The average Bonchev–Trinajstić information content (AvgIpc) is 2.75. The molecule has 0 fully saturated rings. The molecule has 0 N–H and O–H groups in total. The van der Waals surface area contributed by atoms with E-state index in [-0.39, 0.29) is 11.6 Å². The maximum atomic E-state index is 13.7. The summed E-state index contributed by atoms with van der Waals surface area (Å²) in [5.41, 5.74) is 1.26. The molecule has 1 aromatic heterocycles. The van der Waals surface area contributed by atoms with Crippen molar-refractivity contribution in [3.05, 3.63) is 70.9 Å². The highest BCUT2D eigenvalue weighted by Gasteiger charge is 2.07. The molecule has 3 rings (SSSR count). The minimum Gasteiger partial charge on any atom is -0.343 e. The highest BCUT2D eigenvalue weighted by molar-refractivity contribution is 6.30. The van der Waals surface area contributed by atoms with Gasteiger partial charge < -0.3 is 4.57 Å². The van der Waals surface area contributed by atoms with Crippen LogP contribution in [-0.4, -0.2) is 4.57 Å². The summed E-state index contributed by atoms with van der Waals surface area (Å²) in [4.78, 5) is 0. The molecule has 2 aromatic carbocycles. The van der Waals surface area contributed by atoms with Crippen LogP contribution < -0.4 is 0 Å². The molecule has 4 heteroatoms. The van der Waals surface area contributed by atoms with Crippen molar-refractivity contribution >= 4 is 22.5 Å². The lowest BCUT2D eigenvalue weighted by molar-refractivity contribution is 0.601. The third-order valence-corrected chi connectivity index (χ3v) is 3.33. The van der Waals surface area contributed by atoms with Gasteiger partial charge in [0.15, 0.2) is 0 Å². The first-order valence-corrected chi connectivity index (χ1v) is 6.19. The van der Waals surface area contributed by atoms with Crippen molar-refractivity contribution in [1.82, 2.24) is 4.57 Å². The molecular weight excluding hydrogens is 268 g/mol. The minimum atomic E-state index is -0.356. The smallest absolute Gasteiger partial charge is 0.129 e. The van der Waals surface area contributed by atoms with Gasteiger partial charge in [0, 0.05) is 16.8 Å². The normalized spacial score (nSPS) is 11.1. The molecular formula is C15H10ClF2N. The van der Waals surface area contributed by atoms with Gasteiger partial charge in [-0.15, -0.1) is 0 Å². The first kappa shape index (κ1) is 12.2. The van der Waals surface area contributed by atoms with Crippen molar-refractivity contribution in [2.75, 3.05) is 0 Å². The molecule has 19 heavy (non-hydrogen) atoms. The van der Waals surface area contributed by atoms with Crippen LogP contribution >= 0.6 is 11.6 Å². The zero-order chi connectivity index (χ0) is 13.4. The Bertz CT molecular complexity index is 749. The number of hydrogen-bond acceptors (Lipinski definition) is 0. The molecule has 0 saturated carbocycles. The van der Waals surface area contributed by atoms with E-state index in [2.05, 4.69) is 0 Å². The second kappa shape index (κ2) is 4.67. The number of benzene rings is 2. The maximum Gasteiger partial charge on any atom is 0.129 e. The Hall–Kier alpha value is -1.87. The van der Waals surface area contributed by atoms with Gasteiger partial charge in [-0.3, -0.25) is 0 Å². The molecule has 1 nitrogen and oxygen atoms in total. The number of rotatable bonds is 2. The molecule has 0 saturated heterocycles. The summed E-state index contributed by atoms with van der Waals surface area (Å²) in [7, 11) is 0. The molecule has 0 spiro atoms. The zero-order valence-electron chi connectivity index (χ0n) is 9.91. The van der Waals surface area contributed by atoms with Gasteiger partial charge in [0.25, 0.3) is 0 Å². The van der Waals surface area contributed by atoms with E-state index in [1.54, 1.807) is 18.2 Å². The number of fused-ring (bicyclic) bond motifs is 1. The van der Waals surface area contributed by atoms with E-state index >= 15 is 0 Å². The van der Waals surface area contributed by atoms with Gasteiger partial charge in [-0.1, -0.05) is 17.7 Å². The van der Waals surface area contributed by atoms with E-state index in [0.29, 0.717) is 17.1 Å². The van der Waals surface area contributed by atoms with Crippen molar-refractivity contribution in [3.63, 3.8) is 0 Å². The van der Waals surface area contributed by atoms with Crippen LogP contribution in [0.4, 0.5) is 8.78 Å². The highest BCUT2D eigenvalue weighted by Crippen LogP contribution is 2.20. The van der Waals surface area contributed by atoms with Crippen molar-refractivity contribution < 1.29 is 8.78 Å². The monoisotopic (exact) mass is 277 g/mol. The van der Waals surface area contributed by atoms with Crippen LogP contribution in [0.25, 0.3) is 10.9 Å². The molecule has 0 aliphatic heterocycles. The van der Waals surface area contributed by atoms with Crippen LogP contribution in [0.1, 0.15) is 5.56 Å². The molecule has 0 radical (unpaired) electrons. The highest BCUT2D eigenvalue weighted by atomic mass is 35.5. The van der Waals surface area contributed by atoms with E-state index in [9.17, 15) is 8.78 Å². The lowest BCUT2D eigenvalue weighted by Gasteiger charge is -2.07. The first-order chi connectivity index (χ1) is 9.13. The van der Waals surface area contributed by atoms with Gasteiger partial charge in [0.1, 0.15) is 11.6 Å². The fraction of sp³-hybridized carbons (Fsp3) is 0.0667. The summed E-state index contributed by atoms with van der Waals surface area (Å²) < 4.78 is 28.8. The van der Waals surface area contributed by atoms with Crippen molar-refractivity contribution in [2.45, 2.75) is 6.54 Å². The quantitative estimate of drug-likeness (QED) is 0.644. The predicted molar refractivity (Wildman–Crippen MR) is 72.4 cm³/mol. The van der Waals surface area contributed by atoms with E-state index in [4.69, 9.17) is 11.6 Å². The largest absolute Gasteiger partial charge is 0.343 e. The zero-order valence-corrected chi connectivity index (χ0v) is 10.7. The molecule has 0 atom stereocenters. The second-order valence-corrected chi connectivity index (χ2v) is 4.82. The molecule has 0 amide bonds. The van der Waals surface area contributed by atoms with Crippen LogP contribution in [0.2, 0.25) is 5.02 Å². The Labute approximate surface area is 114 Å². The number of halogens is 3. The van der Waals surface area contributed by atoms with Gasteiger partial charge in [0.05, 0.1) is 12.1 Å². The van der Waals surface area contributed by atoms with Gasteiger partial charge in [-0.2, -0.15) is 0 Å². The van der Waals surface area contributed by atoms with Crippen LogP contribution in [-0.2, 0) is 6.54 Å². The summed E-state index contributed by atoms with van der Waals surface area (Å²) in [6, 6.07) is 11.0. The summed E-state index contributed by atoms with van der Waals surface area (Å²) in [6.45, 7) is 0.343. The number of hydrogen-bond donors (Lipinski definition) is 0. The Morgan fingerprint density at radius 1 is 1.00 bits per heavy atom. The Kier molecular flexibility index (Phi) is 2.99. The molecule has 0 unspecified atom stereocenters. The third-order valence-electron chi connectivity index (χ3n) is 3.09. The molecule has 0 bridgehead atoms. The van der Waals surface area contributed by atoms with Crippen molar-refractivity contribution in [1.29, 1.82) is 0 Å². The van der Waals surface area contributed by atoms with Crippen molar-refractivity contribution in [3.8, 4) is 0 Å². The van der Waals surface area contributed by atoms with Crippen molar-refractivity contribution in [2.24, 2.45) is 0 Å². The van der Waals surface area contributed by atoms with Crippen LogP contribution in [0, 0.1) is 11.6 Å². The average molecular weight is 278 g/mol. The topological polar surface area (TPSA) is 4.93 Å². The first-order valence-electron chi connectivity index (χ1n) is 5.82. The van der Waals surface area contributed by atoms with Crippen LogP contribution in [0.5, 0.6) is 0 Å². The van der Waals surface area contributed by atoms with E-state index in [1.165, 1.54) is 18.2 Å². The standard InChI is InChI=1S/C15H10ClF2N/c16-12-3-1-11(14(18)7-12)9-19-6-5-10-2-4-13(17)8-15(10)19/h1-8H,9H2. The minimum absolute atomic E-state index is 0.302. The Morgan fingerprint density at radius 3 is 2.63 bits per heavy atom. The lowest BCUT2D eigenvalue weighted by Crippen LogP contribution is -2.00. The predicted octanol–water partition coefficient (Wildman–Crippen LogP) is 4.62. The molecule has 0 aliphatic rings. The SMILES string of the molecule is Fc1ccc2ccn(Cc3ccc(Cl)cc3F)c2c1. The van der Waals surface area contributed by atoms with Crippen LogP contribution in [0.15, 0.2) is 48.7 Å². The summed E-state index contributed by atoms with van der Waals surface area (Å²) >= 11 is 5.72. The van der Waals surface area contributed by atoms with Gasteiger partial charge in [-0.05, 0) is 41.8 Å². The summed E-state index contributed by atoms with van der Waals surface area (Å²) in [6.07, 6.45) is 1.82. The molecule has 1 heterocycles. The van der Waals surface area contributed by atoms with Gasteiger partial charge >= 0.3 is 0 Å². The van der Waals surface area contributed by atoms with Crippen LogP contribution in [0.3, 0.4) is 0 Å². The number of aromatic nitrogens is 1. The lowest BCUT2D eigenvalue weighted by atomic mass is 10.2. The fourth-order valence-electron chi connectivity index (χ4n) is 2.13.